The summed E-state index contributed by atoms with van der Waals surface area (Å²) >= 11 is 0. The normalized spacial score (nSPS) is 16.6. The van der Waals surface area contributed by atoms with Crippen LogP contribution in [0.3, 0.4) is 0 Å². The molecule has 0 aromatic heterocycles. The van der Waals surface area contributed by atoms with Gasteiger partial charge in [0.15, 0.2) is 0 Å². The van der Waals surface area contributed by atoms with Crippen LogP contribution in [0.2, 0.25) is 0 Å². The minimum atomic E-state index is -2.94. The first-order chi connectivity index (χ1) is 8.49. The highest BCUT2D eigenvalue weighted by atomic mass is 19.3. The van der Waals surface area contributed by atoms with Gasteiger partial charge in [-0.3, -0.25) is 4.79 Å². The van der Waals surface area contributed by atoms with Gasteiger partial charge < -0.3 is 15.6 Å². The van der Waals surface area contributed by atoms with Crippen LogP contribution in [0.1, 0.15) is 24.3 Å². The van der Waals surface area contributed by atoms with E-state index in [0.29, 0.717) is 5.56 Å². The van der Waals surface area contributed by atoms with Crippen LogP contribution in [0.4, 0.5) is 14.5 Å². The Kier molecular flexibility index (Phi) is 3.36. The summed E-state index contributed by atoms with van der Waals surface area (Å²) < 4.78 is 28.5. The Balaban J connectivity index is 2.32. The number of hydrogen-bond acceptors (Lipinski definition) is 3. The van der Waals surface area contributed by atoms with Crippen LogP contribution in [0, 0.1) is 5.92 Å². The van der Waals surface area contributed by atoms with Gasteiger partial charge in [0.1, 0.15) is 5.75 Å². The third kappa shape index (κ3) is 2.69. The van der Waals surface area contributed by atoms with Crippen LogP contribution in [-0.4, -0.2) is 17.7 Å². The van der Waals surface area contributed by atoms with Gasteiger partial charge in [-0.05, 0) is 42.5 Å². The van der Waals surface area contributed by atoms with E-state index in [1.165, 1.54) is 18.2 Å². The van der Waals surface area contributed by atoms with Gasteiger partial charge in [-0.15, -0.1) is 0 Å². The number of alkyl halides is 2. The average Bonchev–Trinajstić information content (AvgIpc) is 3.06. The molecule has 0 spiro atoms. The number of anilines is 1. The number of ether oxygens (including phenoxy) is 1. The summed E-state index contributed by atoms with van der Waals surface area (Å²) in [6, 6.07) is 3.99. The Morgan fingerprint density at radius 1 is 1.44 bits per heavy atom. The lowest BCUT2D eigenvalue weighted by Gasteiger charge is -2.15. The number of carbonyl (C=O) groups is 1. The molecule has 3 N–H and O–H groups in total. The molecule has 18 heavy (non-hydrogen) atoms. The van der Waals surface area contributed by atoms with Gasteiger partial charge in [0.2, 0.25) is 0 Å². The van der Waals surface area contributed by atoms with E-state index in [-0.39, 0.29) is 17.4 Å². The smallest absolute Gasteiger partial charge is 0.387 e. The topological polar surface area (TPSA) is 72.5 Å². The van der Waals surface area contributed by atoms with E-state index in [4.69, 9.17) is 5.73 Å². The van der Waals surface area contributed by atoms with Crippen molar-refractivity contribution in [2.24, 2.45) is 5.92 Å². The molecule has 0 heterocycles. The predicted molar refractivity (Wildman–Crippen MR) is 60.6 cm³/mol. The molecule has 6 heteroatoms. The van der Waals surface area contributed by atoms with Crippen LogP contribution in [0.5, 0.6) is 5.75 Å². The summed E-state index contributed by atoms with van der Waals surface area (Å²) in [5.74, 6) is -1.77. The number of carboxylic acid groups (broad SMARTS) is 1. The fourth-order valence-corrected chi connectivity index (χ4v) is 2.02. The highest BCUT2D eigenvalue weighted by molar-refractivity contribution is 5.79. The number of aliphatic carboxylic acids is 1. The summed E-state index contributed by atoms with van der Waals surface area (Å²) in [7, 11) is 0. The van der Waals surface area contributed by atoms with Crippen molar-refractivity contribution in [1.29, 1.82) is 0 Å². The molecular formula is C12H13F2NO3. The Hall–Kier alpha value is -1.85. The van der Waals surface area contributed by atoms with Crippen LogP contribution in [0.15, 0.2) is 18.2 Å². The van der Waals surface area contributed by atoms with Crippen molar-refractivity contribution < 1.29 is 23.4 Å². The van der Waals surface area contributed by atoms with Crippen molar-refractivity contribution in [3.63, 3.8) is 0 Å². The zero-order valence-electron chi connectivity index (χ0n) is 9.48. The standard InChI is InChI=1S/C12H13F2NO3/c13-12(14)18-7-3-4-9(15)8(5-7)10(11(16)17)6-1-2-6/h3-6,10,12H,1-2,15H2,(H,16,17). The maximum absolute atomic E-state index is 12.1. The number of nitrogen functional groups attached to an aromatic ring is 1. The number of nitrogens with two attached hydrogens (primary N) is 1. The Bertz CT molecular complexity index is 461. The Morgan fingerprint density at radius 2 is 2.11 bits per heavy atom. The monoisotopic (exact) mass is 257 g/mol. The van der Waals surface area contributed by atoms with E-state index in [1.807, 2.05) is 0 Å². The minimum absolute atomic E-state index is 0.0339. The number of halogens is 2. The molecule has 0 saturated heterocycles. The van der Waals surface area contributed by atoms with Gasteiger partial charge in [-0.25, -0.2) is 0 Å². The lowest BCUT2D eigenvalue weighted by molar-refractivity contribution is -0.139. The van der Waals surface area contributed by atoms with Crippen molar-refractivity contribution in [1.82, 2.24) is 0 Å². The summed E-state index contributed by atoms with van der Waals surface area (Å²) in [6.45, 7) is -2.94. The second-order valence-electron chi connectivity index (χ2n) is 4.32. The van der Waals surface area contributed by atoms with Crippen molar-refractivity contribution in [3.8, 4) is 5.75 Å². The molecule has 1 atom stereocenters. The molecule has 1 aromatic rings. The van der Waals surface area contributed by atoms with Crippen molar-refractivity contribution >= 4 is 11.7 Å². The molecule has 1 aromatic carbocycles. The van der Waals surface area contributed by atoms with Gasteiger partial charge in [0.25, 0.3) is 0 Å². The molecule has 1 unspecified atom stereocenters. The zero-order valence-corrected chi connectivity index (χ0v) is 9.48. The van der Waals surface area contributed by atoms with E-state index in [1.54, 1.807) is 0 Å². The molecule has 98 valence electrons. The lowest BCUT2D eigenvalue weighted by atomic mass is 9.93. The molecule has 2 rings (SSSR count). The molecule has 1 aliphatic carbocycles. The number of carboxylic acids is 1. The maximum Gasteiger partial charge on any atom is 0.387 e. The fraction of sp³-hybridized carbons (Fsp3) is 0.417. The Morgan fingerprint density at radius 3 is 2.61 bits per heavy atom. The molecule has 0 amide bonds. The van der Waals surface area contributed by atoms with Gasteiger partial charge in [0, 0.05) is 5.69 Å². The SMILES string of the molecule is Nc1ccc(OC(F)F)cc1C(C(=O)O)C1CC1. The van der Waals surface area contributed by atoms with Crippen molar-refractivity contribution in [2.45, 2.75) is 25.4 Å². The van der Waals surface area contributed by atoms with E-state index in [2.05, 4.69) is 4.74 Å². The van der Waals surface area contributed by atoms with Gasteiger partial charge in [-0.2, -0.15) is 8.78 Å². The quantitative estimate of drug-likeness (QED) is 0.795. The molecule has 0 aliphatic heterocycles. The number of rotatable bonds is 5. The number of benzene rings is 1. The highest BCUT2D eigenvalue weighted by Crippen LogP contribution is 2.45. The van der Waals surface area contributed by atoms with Crippen LogP contribution < -0.4 is 10.5 Å². The Labute approximate surface area is 102 Å². The largest absolute Gasteiger partial charge is 0.481 e. The van der Waals surface area contributed by atoms with E-state index in [9.17, 15) is 18.7 Å². The van der Waals surface area contributed by atoms with Crippen molar-refractivity contribution in [3.05, 3.63) is 23.8 Å². The summed E-state index contributed by atoms with van der Waals surface area (Å²) in [5.41, 5.74) is 6.36. The minimum Gasteiger partial charge on any atom is -0.481 e. The lowest BCUT2D eigenvalue weighted by Crippen LogP contribution is -2.16. The first kappa shape index (κ1) is 12.6. The summed E-state index contributed by atoms with van der Waals surface area (Å²) in [6.07, 6.45) is 1.63. The van der Waals surface area contributed by atoms with E-state index < -0.39 is 18.5 Å². The van der Waals surface area contributed by atoms with Crippen LogP contribution in [0.25, 0.3) is 0 Å². The van der Waals surface area contributed by atoms with E-state index in [0.717, 1.165) is 12.8 Å². The molecule has 1 fully saturated rings. The predicted octanol–water partition coefficient (Wildman–Crippen LogP) is 2.45. The summed E-state index contributed by atoms with van der Waals surface area (Å²) in [4.78, 5) is 11.2. The molecule has 0 bridgehead atoms. The van der Waals surface area contributed by atoms with E-state index >= 15 is 0 Å². The second kappa shape index (κ2) is 4.80. The fourth-order valence-electron chi connectivity index (χ4n) is 2.02. The third-order valence-electron chi connectivity index (χ3n) is 2.98. The molecule has 1 aliphatic rings. The van der Waals surface area contributed by atoms with Crippen LogP contribution >= 0.6 is 0 Å². The van der Waals surface area contributed by atoms with Crippen LogP contribution in [-0.2, 0) is 4.79 Å². The molecule has 1 saturated carbocycles. The number of hydrogen-bond donors (Lipinski definition) is 2. The first-order valence-corrected chi connectivity index (χ1v) is 5.56. The van der Waals surface area contributed by atoms with Gasteiger partial charge >= 0.3 is 12.6 Å². The zero-order chi connectivity index (χ0) is 13.3. The molecular weight excluding hydrogens is 244 g/mol. The molecule has 0 radical (unpaired) electrons. The first-order valence-electron chi connectivity index (χ1n) is 5.56. The maximum atomic E-state index is 12.1. The highest BCUT2D eigenvalue weighted by Gasteiger charge is 2.38. The average molecular weight is 257 g/mol. The van der Waals surface area contributed by atoms with Gasteiger partial charge in [-0.1, -0.05) is 0 Å². The molecule has 4 nitrogen and oxygen atoms in total. The second-order valence-corrected chi connectivity index (χ2v) is 4.32. The van der Waals surface area contributed by atoms with Crippen molar-refractivity contribution in [2.75, 3.05) is 5.73 Å². The van der Waals surface area contributed by atoms with Gasteiger partial charge in [0.05, 0.1) is 5.92 Å². The summed E-state index contributed by atoms with van der Waals surface area (Å²) in [5, 5.41) is 9.19. The third-order valence-corrected chi connectivity index (χ3v) is 2.98.